The van der Waals surface area contributed by atoms with E-state index in [-0.39, 0.29) is 5.95 Å². The fraction of sp³-hybridized carbons (Fsp3) is 0.185. The van der Waals surface area contributed by atoms with Crippen LogP contribution in [0.25, 0.3) is 16.8 Å². The molecule has 1 amide bonds. The van der Waals surface area contributed by atoms with E-state index >= 15 is 0 Å². The number of carboxylic acid groups (broad SMARTS) is 1. The molecule has 35 heavy (non-hydrogen) atoms. The number of rotatable bonds is 7. The van der Waals surface area contributed by atoms with E-state index in [1.54, 1.807) is 6.92 Å². The second kappa shape index (κ2) is 9.06. The van der Waals surface area contributed by atoms with Crippen LogP contribution in [0.5, 0.6) is 0 Å². The molecule has 1 fully saturated rings. The number of carboxylic acids is 1. The van der Waals surface area contributed by atoms with E-state index in [9.17, 15) is 14.7 Å². The Morgan fingerprint density at radius 2 is 1.60 bits per heavy atom. The molecule has 0 radical (unpaired) electrons. The summed E-state index contributed by atoms with van der Waals surface area (Å²) in [5.41, 5.74) is 3.71. The van der Waals surface area contributed by atoms with Crippen molar-refractivity contribution < 1.29 is 19.4 Å². The first-order valence-corrected chi connectivity index (χ1v) is 11.3. The van der Waals surface area contributed by atoms with E-state index in [1.807, 2.05) is 78.9 Å². The number of nitrogens with zero attached hydrogens (tertiary/aromatic N) is 3. The molecular formula is C27H24N4O4. The monoisotopic (exact) mass is 468 g/mol. The lowest BCUT2D eigenvalue weighted by Crippen LogP contribution is -2.19. The average molecular weight is 469 g/mol. The van der Waals surface area contributed by atoms with Gasteiger partial charge < -0.3 is 9.84 Å². The molecule has 1 aromatic heterocycles. The number of hydrogen-bond acceptors (Lipinski definition) is 5. The topological polar surface area (TPSA) is 106 Å². The van der Waals surface area contributed by atoms with Crippen molar-refractivity contribution in [1.82, 2.24) is 14.8 Å². The Bertz CT molecular complexity index is 1340. The summed E-state index contributed by atoms with van der Waals surface area (Å²) >= 11 is 0. The van der Waals surface area contributed by atoms with Gasteiger partial charge in [0.05, 0.1) is 11.1 Å². The first-order chi connectivity index (χ1) is 17.0. The number of carbonyl (C=O) groups is 2. The van der Waals surface area contributed by atoms with E-state index in [0.717, 1.165) is 27.9 Å². The van der Waals surface area contributed by atoms with E-state index in [2.05, 4.69) is 15.4 Å². The zero-order valence-corrected chi connectivity index (χ0v) is 19.1. The number of nitrogens with one attached hydrogen (secondary N) is 1. The zero-order chi connectivity index (χ0) is 24.4. The van der Waals surface area contributed by atoms with Crippen LogP contribution in [0.3, 0.4) is 0 Å². The summed E-state index contributed by atoms with van der Waals surface area (Å²) < 4.78 is 6.98. The van der Waals surface area contributed by atoms with Gasteiger partial charge in [0, 0.05) is 0 Å². The Kier molecular flexibility index (Phi) is 5.78. The van der Waals surface area contributed by atoms with Crippen molar-refractivity contribution in [3.63, 3.8) is 0 Å². The van der Waals surface area contributed by atoms with Crippen LogP contribution in [-0.4, -0.2) is 31.9 Å². The lowest BCUT2D eigenvalue weighted by atomic mass is 9.94. The maximum absolute atomic E-state index is 12.4. The SMILES string of the molecule is CC(OC(=O)Nc1ncnn1-c1ccc(-c2ccc(C3(C(=O)O)CC3)cc2)cc1)c1ccccc1. The van der Waals surface area contributed by atoms with Crippen LogP contribution in [0, 0.1) is 0 Å². The Morgan fingerprint density at radius 3 is 2.20 bits per heavy atom. The van der Waals surface area contributed by atoms with E-state index in [4.69, 9.17) is 4.74 Å². The summed E-state index contributed by atoms with van der Waals surface area (Å²) in [6.07, 6.45) is 1.69. The highest BCUT2D eigenvalue weighted by molar-refractivity contribution is 5.85. The lowest BCUT2D eigenvalue weighted by molar-refractivity contribution is -0.140. The first kappa shape index (κ1) is 22.3. The highest BCUT2D eigenvalue weighted by Gasteiger charge is 2.51. The highest BCUT2D eigenvalue weighted by atomic mass is 16.6. The maximum atomic E-state index is 12.4. The fourth-order valence-electron chi connectivity index (χ4n) is 4.12. The molecule has 1 unspecified atom stereocenters. The van der Waals surface area contributed by atoms with Crippen LogP contribution >= 0.6 is 0 Å². The minimum absolute atomic E-state index is 0.246. The van der Waals surface area contributed by atoms with Gasteiger partial charge in [0.25, 0.3) is 0 Å². The highest BCUT2D eigenvalue weighted by Crippen LogP contribution is 2.48. The Balaban J connectivity index is 1.27. The molecule has 4 aromatic rings. The van der Waals surface area contributed by atoms with E-state index < -0.39 is 23.6 Å². The molecule has 1 saturated carbocycles. The number of amides is 1. The normalized spacial score (nSPS) is 14.7. The second-order valence-corrected chi connectivity index (χ2v) is 8.59. The van der Waals surface area contributed by atoms with Gasteiger partial charge in [-0.1, -0.05) is 66.7 Å². The number of aromatic nitrogens is 3. The molecule has 8 nitrogen and oxygen atoms in total. The molecule has 0 saturated heterocycles. The van der Waals surface area contributed by atoms with Crippen LogP contribution in [0.1, 0.15) is 37.0 Å². The predicted molar refractivity (Wildman–Crippen MR) is 130 cm³/mol. The quantitative estimate of drug-likeness (QED) is 0.378. The fourth-order valence-corrected chi connectivity index (χ4v) is 4.12. The van der Waals surface area contributed by atoms with E-state index in [0.29, 0.717) is 12.8 Å². The third-order valence-corrected chi connectivity index (χ3v) is 6.36. The van der Waals surface area contributed by atoms with Gasteiger partial charge in [0.2, 0.25) is 5.95 Å². The van der Waals surface area contributed by atoms with E-state index in [1.165, 1.54) is 11.0 Å². The zero-order valence-electron chi connectivity index (χ0n) is 19.1. The molecule has 1 aliphatic carbocycles. The van der Waals surface area contributed by atoms with Gasteiger partial charge in [-0.15, -0.1) is 0 Å². The summed E-state index contributed by atoms with van der Waals surface area (Å²) in [4.78, 5) is 28.1. The van der Waals surface area contributed by atoms with Crippen molar-refractivity contribution in [3.05, 3.63) is 96.3 Å². The number of hydrogen-bond donors (Lipinski definition) is 2. The number of ether oxygens (including phenoxy) is 1. The second-order valence-electron chi connectivity index (χ2n) is 8.59. The van der Waals surface area contributed by atoms with Gasteiger partial charge in [0.15, 0.2) is 0 Å². The van der Waals surface area contributed by atoms with Crippen molar-refractivity contribution in [2.45, 2.75) is 31.3 Å². The summed E-state index contributed by atoms with van der Waals surface area (Å²) in [6.45, 7) is 1.80. The van der Waals surface area contributed by atoms with Gasteiger partial charge in [0.1, 0.15) is 12.4 Å². The number of benzene rings is 3. The van der Waals surface area contributed by atoms with Crippen LogP contribution in [0.2, 0.25) is 0 Å². The van der Waals surface area contributed by atoms with Crippen LogP contribution in [0.15, 0.2) is 85.2 Å². The maximum Gasteiger partial charge on any atom is 0.414 e. The molecular weight excluding hydrogens is 444 g/mol. The van der Waals surface area contributed by atoms with Crippen LogP contribution in [0.4, 0.5) is 10.7 Å². The summed E-state index contributed by atoms with van der Waals surface area (Å²) in [7, 11) is 0. The standard InChI is InChI=1S/C27H24N4O4/c1-18(19-5-3-2-4-6-19)35-26(34)30-25-28-17-29-31(25)23-13-9-21(10-14-23)20-7-11-22(12-8-20)27(15-16-27)24(32)33/h2-14,17-18H,15-16H2,1H3,(H,32,33)(H,28,29,30,34). The number of anilines is 1. The van der Waals surface area contributed by atoms with Gasteiger partial charge >= 0.3 is 12.1 Å². The van der Waals surface area contributed by atoms with Crippen molar-refractivity contribution in [1.29, 1.82) is 0 Å². The predicted octanol–water partition coefficient (Wildman–Crippen LogP) is 5.36. The molecule has 1 heterocycles. The van der Waals surface area contributed by atoms with Gasteiger partial charge in [-0.2, -0.15) is 14.8 Å². The first-order valence-electron chi connectivity index (χ1n) is 11.3. The molecule has 0 aliphatic heterocycles. The Morgan fingerprint density at radius 1 is 0.971 bits per heavy atom. The molecule has 1 atom stereocenters. The Hall–Kier alpha value is -4.46. The average Bonchev–Trinajstić information content (AvgIpc) is 3.58. The van der Waals surface area contributed by atoms with Crippen LogP contribution in [-0.2, 0) is 14.9 Å². The largest absolute Gasteiger partial charge is 0.481 e. The Labute approximate surface area is 202 Å². The third kappa shape index (κ3) is 4.50. The number of carbonyl (C=O) groups excluding carboxylic acids is 1. The summed E-state index contributed by atoms with van der Waals surface area (Å²) in [5.74, 6) is -0.513. The van der Waals surface area contributed by atoms with Crippen molar-refractivity contribution in [3.8, 4) is 16.8 Å². The molecule has 0 spiro atoms. The molecule has 2 N–H and O–H groups in total. The molecule has 8 heteroatoms. The molecule has 0 bridgehead atoms. The number of aliphatic carboxylic acids is 1. The molecule has 3 aromatic carbocycles. The summed E-state index contributed by atoms with van der Waals surface area (Å²) in [5, 5.41) is 16.4. The van der Waals surface area contributed by atoms with Crippen molar-refractivity contribution in [2.24, 2.45) is 0 Å². The van der Waals surface area contributed by atoms with Crippen molar-refractivity contribution in [2.75, 3.05) is 5.32 Å². The smallest absolute Gasteiger partial charge is 0.414 e. The van der Waals surface area contributed by atoms with Gasteiger partial charge in [-0.05, 0) is 54.2 Å². The molecule has 176 valence electrons. The van der Waals surface area contributed by atoms with Crippen molar-refractivity contribution >= 4 is 18.0 Å². The van der Waals surface area contributed by atoms with Crippen LogP contribution < -0.4 is 5.32 Å². The third-order valence-electron chi connectivity index (χ3n) is 6.36. The van der Waals surface area contributed by atoms with Gasteiger partial charge in [-0.25, -0.2) is 4.79 Å². The minimum Gasteiger partial charge on any atom is -0.481 e. The lowest BCUT2D eigenvalue weighted by Gasteiger charge is -2.14. The molecule has 1 aliphatic rings. The summed E-state index contributed by atoms with van der Waals surface area (Å²) in [6, 6.07) is 24.8. The van der Waals surface area contributed by atoms with Gasteiger partial charge in [-0.3, -0.25) is 10.1 Å². The minimum atomic E-state index is -0.759. The molecule has 5 rings (SSSR count).